The number of carbonyl (C=O) groups excluding carboxylic acids is 1. The fraction of sp³-hybridized carbons (Fsp3) is 0.667. The Morgan fingerprint density at radius 1 is 1.44 bits per heavy atom. The van der Waals surface area contributed by atoms with E-state index in [4.69, 9.17) is 9.47 Å². The number of ether oxygens (including phenoxy) is 2. The largest absolute Gasteiger partial charge is 0.461 e. The van der Waals surface area contributed by atoms with Gasteiger partial charge in [-0.25, -0.2) is 9.78 Å². The standard InChI is InChI=1S/C12H18N2O3S/c1-3-9-13-10(12(15)17-4-2)11(18-9)14-5-7-16-8-6-14/h3-8H2,1-2H3. The van der Waals surface area contributed by atoms with E-state index in [0.717, 1.165) is 29.5 Å². The van der Waals surface area contributed by atoms with E-state index in [0.29, 0.717) is 25.5 Å². The Kier molecular flexibility index (Phi) is 4.54. The number of aromatic nitrogens is 1. The zero-order valence-electron chi connectivity index (χ0n) is 10.8. The van der Waals surface area contributed by atoms with Crippen LogP contribution in [0.5, 0.6) is 0 Å². The molecule has 18 heavy (non-hydrogen) atoms. The number of thiazole rings is 1. The lowest BCUT2D eigenvalue weighted by Crippen LogP contribution is -2.36. The maximum atomic E-state index is 11.9. The molecule has 0 aliphatic carbocycles. The van der Waals surface area contributed by atoms with Gasteiger partial charge in [0, 0.05) is 13.1 Å². The fourth-order valence-electron chi connectivity index (χ4n) is 1.82. The van der Waals surface area contributed by atoms with Gasteiger partial charge in [0.05, 0.1) is 24.8 Å². The SMILES string of the molecule is CCOC(=O)c1nc(CC)sc1N1CCOCC1. The first-order chi connectivity index (χ1) is 8.76. The lowest BCUT2D eigenvalue weighted by atomic mass is 10.3. The maximum absolute atomic E-state index is 11.9. The molecule has 0 amide bonds. The molecule has 5 nitrogen and oxygen atoms in total. The predicted octanol–water partition coefficient (Wildman–Crippen LogP) is 1.72. The number of esters is 1. The van der Waals surface area contributed by atoms with Gasteiger partial charge >= 0.3 is 5.97 Å². The third-order valence-corrected chi connectivity index (χ3v) is 3.98. The molecule has 0 bridgehead atoms. The molecule has 0 N–H and O–H groups in total. The molecule has 1 saturated heterocycles. The van der Waals surface area contributed by atoms with Gasteiger partial charge in [0.15, 0.2) is 5.69 Å². The monoisotopic (exact) mass is 270 g/mol. The summed E-state index contributed by atoms with van der Waals surface area (Å²) < 4.78 is 10.4. The van der Waals surface area contributed by atoms with E-state index < -0.39 is 0 Å². The summed E-state index contributed by atoms with van der Waals surface area (Å²) in [6.45, 7) is 7.22. The second kappa shape index (κ2) is 6.15. The summed E-state index contributed by atoms with van der Waals surface area (Å²) in [5, 5.41) is 1.90. The van der Waals surface area contributed by atoms with Crippen LogP contribution in [-0.4, -0.2) is 43.9 Å². The molecule has 1 aromatic rings. The van der Waals surface area contributed by atoms with E-state index in [1.54, 1.807) is 18.3 Å². The zero-order valence-corrected chi connectivity index (χ0v) is 11.6. The van der Waals surface area contributed by atoms with Crippen LogP contribution < -0.4 is 4.90 Å². The summed E-state index contributed by atoms with van der Waals surface area (Å²) in [5.74, 6) is -0.324. The second-order valence-electron chi connectivity index (χ2n) is 3.93. The number of morpholine rings is 1. The Balaban J connectivity index is 2.25. The minimum absolute atomic E-state index is 0.324. The summed E-state index contributed by atoms with van der Waals surface area (Å²) in [7, 11) is 0. The molecule has 0 unspecified atom stereocenters. The summed E-state index contributed by atoms with van der Waals surface area (Å²) in [6, 6.07) is 0. The number of hydrogen-bond acceptors (Lipinski definition) is 6. The summed E-state index contributed by atoms with van der Waals surface area (Å²) in [5.41, 5.74) is 0.459. The fourth-order valence-corrected chi connectivity index (χ4v) is 2.86. The minimum Gasteiger partial charge on any atom is -0.461 e. The number of anilines is 1. The lowest BCUT2D eigenvalue weighted by Gasteiger charge is -2.27. The van der Waals surface area contributed by atoms with E-state index in [1.807, 2.05) is 6.92 Å². The van der Waals surface area contributed by atoms with E-state index in [2.05, 4.69) is 9.88 Å². The molecular weight excluding hydrogens is 252 g/mol. The lowest BCUT2D eigenvalue weighted by molar-refractivity contribution is 0.0520. The molecule has 2 heterocycles. The Morgan fingerprint density at radius 2 is 2.17 bits per heavy atom. The Morgan fingerprint density at radius 3 is 2.78 bits per heavy atom. The van der Waals surface area contributed by atoms with Crippen molar-refractivity contribution in [3.8, 4) is 0 Å². The van der Waals surface area contributed by atoms with E-state index in [-0.39, 0.29) is 5.97 Å². The Labute approximate surface area is 111 Å². The van der Waals surface area contributed by atoms with Gasteiger partial charge < -0.3 is 14.4 Å². The molecule has 0 atom stereocenters. The average molecular weight is 270 g/mol. The van der Waals surface area contributed by atoms with Gasteiger partial charge in [-0.3, -0.25) is 0 Å². The number of hydrogen-bond donors (Lipinski definition) is 0. The van der Waals surface area contributed by atoms with Crippen LogP contribution in [0.25, 0.3) is 0 Å². The van der Waals surface area contributed by atoms with Crippen LogP contribution in [0.2, 0.25) is 0 Å². The van der Waals surface area contributed by atoms with Gasteiger partial charge in [-0.1, -0.05) is 6.92 Å². The summed E-state index contributed by atoms with van der Waals surface area (Å²) in [6.07, 6.45) is 0.835. The van der Waals surface area contributed by atoms with Crippen LogP contribution in [0.3, 0.4) is 0 Å². The van der Waals surface area contributed by atoms with E-state index >= 15 is 0 Å². The number of rotatable bonds is 4. The molecule has 1 aliphatic rings. The molecule has 0 radical (unpaired) electrons. The molecule has 0 saturated carbocycles. The summed E-state index contributed by atoms with van der Waals surface area (Å²) >= 11 is 1.58. The van der Waals surface area contributed by atoms with Crippen LogP contribution in [0.4, 0.5) is 5.00 Å². The van der Waals surface area contributed by atoms with Crippen LogP contribution in [0.15, 0.2) is 0 Å². The molecule has 1 aliphatic heterocycles. The Hall–Kier alpha value is -1.14. The highest BCUT2D eigenvalue weighted by Gasteiger charge is 2.24. The molecule has 6 heteroatoms. The molecule has 1 fully saturated rings. The van der Waals surface area contributed by atoms with Crippen molar-refractivity contribution in [2.75, 3.05) is 37.8 Å². The molecule has 2 rings (SSSR count). The van der Waals surface area contributed by atoms with Gasteiger partial charge in [0.25, 0.3) is 0 Å². The van der Waals surface area contributed by atoms with Gasteiger partial charge in [0.2, 0.25) is 0 Å². The van der Waals surface area contributed by atoms with Gasteiger partial charge in [-0.15, -0.1) is 11.3 Å². The van der Waals surface area contributed by atoms with Crippen LogP contribution in [0.1, 0.15) is 29.3 Å². The minimum atomic E-state index is -0.324. The van der Waals surface area contributed by atoms with E-state index in [9.17, 15) is 4.79 Å². The molecule has 100 valence electrons. The first kappa shape index (κ1) is 13.3. The van der Waals surface area contributed by atoms with Crippen molar-refractivity contribution in [3.63, 3.8) is 0 Å². The van der Waals surface area contributed by atoms with Crippen molar-refractivity contribution < 1.29 is 14.3 Å². The highest BCUT2D eigenvalue weighted by molar-refractivity contribution is 7.16. The summed E-state index contributed by atoms with van der Waals surface area (Å²) in [4.78, 5) is 18.4. The smallest absolute Gasteiger partial charge is 0.360 e. The van der Waals surface area contributed by atoms with Crippen molar-refractivity contribution in [3.05, 3.63) is 10.7 Å². The zero-order chi connectivity index (χ0) is 13.0. The maximum Gasteiger partial charge on any atom is 0.360 e. The molecule has 0 aromatic carbocycles. The van der Waals surface area contributed by atoms with E-state index in [1.165, 1.54) is 0 Å². The number of aryl methyl sites for hydroxylation is 1. The first-order valence-corrected chi connectivity index (χ1v) is 7.07. The average Bonchev–Trinajstić information content (AvgIpc) is 2.84. The highest BCUT2D eigenvalue weighted by atomic mass is 32.1. The predicted molar refractivity (Wildman–Crippen MR) is 70.5 cm³/mol. The van der Waals surface area contributed by atoms with Crippen LogP contribution in [0, 0.1) is 0 Å². The van der Waals surface area contributed by atoms with Crippen molar-refractivity contribution in [2.45, 2.75) is 20.3 Å². The van der Waals surface area contributed by atoms with Gasteiger partial charge in [-0.05, 0) is 13.3 Å². The van der Waals surface area contributed by atoms with Gasteiger partial charge in [0.1, 0.15) is 5.00 Å². The van der Waals surface area contributed by atoms with Gasteiger partial charge in [-0.2, -0.15) is 0 Å². The molecule has 1 aromatic heterocycles. The topological polar surface area (TPSA) is 51.7 Å². The number of carbonyl (C=O) groups is 1. The third-order valence-electron chi connectivity index (χ3n) is 2.72. The van der Waals surface area contributed by atoms with Crippen molar-refractivity contribution >= 4 is 22.3 Å². The number of nitrogens with zero attached hydrogens (tertiary/aromatic N) is 2. The van der Waals surface area contributed by atoms with Crippen LogP contribution in [-0.2, 0) is 15.9 Å². The third kappa shape index (κ3) is 2.81. The normalized spacial score (nSPS) is 15.8. The van der Waals surface area contributed by atoms with Crippen molar-refractivity contribution in [1.82, 2.24) is 4.98 Å². The van der Waals surface area contributed by atoms with Crippen molar-refractivity contribution in [1.29, 1.82) is 0 Å². The first-order valence-electron chi connectivity index (χ1n) is 6.25. The quantitative estimate of drug-likeness (QED) is 0.780. The highest BCUT2D eigenvalue weighted by Crippen LogP contribution is 2.30. The second-order valence-corrected chi connectivity index (χ2v) is 5.00. The molecule has 0 spiro atoms. The Bertz CT molecular complexity index is 413. The van der Waals surface area contributed by atoms with Crippen molar-refractivity contribution in [2.24, 2.45) is 0 Å². The molecular formula is C12H18N2O3S. The van der Waals surface area contributed by atoms with Crippen LogP contribution >= 0.6 is 11.3 Å².